The summed E-state index contributed by atoms with van der Waals surface area (Å²) in [4.78, 5) is 32.3. The number of aliphatic hydroxyl groups is 1. The molecule has 35 heavy (non-hydrogen) atoms. The minimum absolute atomic E-state index is 0.0959. The highest BCUT2D eigenvalue weighted by Crippen LogP contribution is 2.26. The predicted molar refractivity (Wildman–Crippen MR) is 129 cm³/mol. The van der Waals surface area contributed by atoms with Gasteiger partial charge in [-0.25, -0.2) is 9.67 Å². The van der Waals surface area contributed by atoms with E-state index in [2.05, 4.69) is 20.3 Å². The third-order valence-corrected chi connectivity index (χ3v) is 6.67. The lowest BCUT2D eigenvalue weighted by Crippen LogP contribution is -2.49. The Labute approximate surface area is 199 Å². The minimum atomic E-state index is -1.13. The first-order valence-corrected chi connectivity index (χ1v) is 11.5. The molecule has 2 N–H and O–H groups in total. The van der Waals surface area contributed by atoms with Crippen LogP contribution in [0.1, 0.15) is 23.3 Å². The van der Waals surface area contributed by atoms with E-state index >= 15 is 0 Å². The van der Waals surface area contributed by atoms with Crippen LogP contribution < -0.4 is 5.56 Å². The number of hydrogen-bond donors (Lipinski definition) is 2. The van der Waals surface area contributed by atoms with Crippen molar-refractivity contribution < 1.29 is 9.90 Å². The lowest BCUT2D eigenvalue weighted by Gasteiger charge is -2.38. The van der Waals surface area contributed by atoms with Crippen LogP contribution in [0.15, 0.2) is 71.9 Å². The number of rotatable bonds is 4. The van der Waals surface area contributed by atoms with Gasteiger partial charge in [0, 0.05) is 18.5 Å². The fraction of sp³-hybridized carbons (Fsp3) is 0.240. The molecule has 6 rings (SSSR count). The van der Waals surface area contributed by atoms with E-state index in [0.29, 0.717) is 42.7 Å². The van der Waals surface area contributed by atoms with Crippen LogP contribution in [0.2, 0.25) is 0 Å². The number of H-pyrrole nitrogens is 1. The summed E-state index contributed by atoms with van der Waals surface area (Å²) in [5.41, 5.74) is 1.09. The van der Waals surface area contributed by atoms with Crippen LogP contribution in [-0.4, -0.2) is 64.1 Å². The Morgan fingerprint density at radius 1 is 1.03 bits per heavy atom. The lowest BCUT2D eigenvalue weighted by molar-refractivity contribution is -0.0300. The molecule has 10 heteroatoms. The molecule has 0 spiro atoms. The topological polar surface area (TPSA) is 122 Å². The molecule has 4 heterocycles. The van der Waals surface area contributed by atoms with Crippen molar-refractivity contribution in [1.82, 2.24) is 34.4 Å². The Morgan fingerprint density at radius 2 is 1.77 bits per heavy atom. The highest BCUT2D eigenvalue weighted by atomic mass is 16.3. The summed E-state index contributed by atoms with van der Waals surface area (Å²) in [7, 11) is 0. The van der Waals surface area contributed by atoms with Crippen molar-refractivity contribution in [2.24, 2.45) is 0 Å². The van der Waals surface area contributed by atoms with E-state index in [0.717, 1.165) is 16.6 Å². The highest BCUT2D eigenvalue weighted by Gasteiger charge is 2.36. The second-order valence-corrected chi connectivity index (χ2v) is 8.94. The third kappa shape index (κ3) is 3.68. The summed E-state index contributed by atoms with van der Waals surface area (Å²) in [6.07, 6.45) is 3.65. The van der Waals surface area contributed by atoms with Gasteiger partial charge in [0.2, 0.25) is 0 Å². The number of fused-ring (bicyclic) bond motifs is 2. The third-order valence-electron chi connectivity index (χ3n) is 6.67. The summed E-state index contributed by atoms with van der Waals surface area (Å²) in [6.45, 7) is 0.832. The SMILES string of the molecule is O=C(c1n[nH]c2ccccc12)N1CCC(O)(Cn2cnc3c(cnn3-c3ccccc3)c2=O)CC1. The summed E-state index contributed by atoms with van der Waals surface area (Å²) in [5, 5.41) is 23.8. The molecular weight excluding hydrogens is 446 g/mol. The Balaban J connectivity index is 1.19. The molecule has 0 unspecified atom stereocenters. The number of carbonyl (C=O) groups excluding carboxylic acids is 1. The van der Waals surface area contributed by atoms with Crippen LogP contribution >= 0.6 is 0 Å². The Morgan fingerprint density at radius 3 is 2.57 bits per heavy atom. The van der Waals surface area contributed by atoms with Crippen molar-refractivity contribution >= 4 is 27.8 Å². The molecule has 3 aromatic heterocycles. The van der Waals surface area contributed by atoms with Crippen molar-refractivity contribution in [3.63, 3.8) is 0 Å². The first-order valence-electron chi connectivity index (χ1n) is 11.5. The molecule has 1 saturated heterocycles. The molecule has 10 nitrogen and oxygen atoms in total. The second-order valence-electron chi connectivity index (χ2n) is 8.94. The number of nitrogens with one attached hydrogen (secondary N) is 1. The molecule has 1 aliphatic rings. The zero-order valence-electron chi connectivity index (χ0n) is 18.8. The zero-order chi connectivity index (χ0) is 24.0. The van der Waals surface area contributed by atoms with Gasteiger partial charge in [0.1, 0.15) is 11.7 Å². The van der Waals surface area contributed by atoms with Crippen LogP contribution in [0.3, 0.4) is 0 Å². The second kappa shape index (κ2) is 8.17. The first kappa shape index (κ1) is 21.2. The smallest absolute Gasteiger partial charge is 0.274 e. The number of aromatic amines is 1. The number of likely N-dealkylation sites (tertiary alicyclic amines) is 1. The molecule has 0 bridgehead atoms. The Hall–Kier alpha value is -4.31. The van der Waals surface area contributed by atoms with Gasteiger partial charge in [-0.2, -0.15) is 10.2 Å². The van der Waals surface area contributed by atoms with Crippen LogP contribution in [0.4, 0.5) is 0 Å². The number of para-hydroxylation sites is 2. The summed E-state index contributed by atoms with van der Waals surface area (Å²) in [5.74, 6) is -0.168. The average Bonchev–Trinajstić information content (AvgIpc) is 3.51. The van der Waals surface area contributed by atoms with E-state index in [4.69, 9.17) is 0 Å². The van der Waals surface area contributed by atoms with E-state index in [9.17, 15) is 14.7 Å². The van der Waals surface area contributed by atoms with Crippen LogP contribution in [0, 0.1) is 0 Å². The lowest BCUT2D eigenvalue weighted by atomic mass is 9.91. The van der Waals surface area contributed by atoms with Gasteiger partial charge in [-0.15, -0.1) is 0 Å². The van der Waals surface area contributed by atoms with Gasteiger partial charge in [0.05, 0.1) is 29.5 Å². The minimum Gasteiger partial charge on any atom is -0.388 e. The van der Waals surface area contributed by atoms with Gasteiger partial charge >= 0.3 is 0 Å². The molecule has 5 aromatic rings. The summed E-state index contributed by atoms with van der Waals surface area (Å²) >= 11 is 0. The maximum Gasteiger partial charge on any atom is 0.274 e. The fourth-order valence-corrected chi connectivity index (χ4v) is 4.70. The largest absolute Gasteiger partial charge is 0.388 e. The monoisotopic (exact) mass is 469 g/mol. The standard InChI is InChI=1S/C25H23N7O3/c33-23-19-14-27-32(17-6-2-1-3-7-17)22(19)26-16-31(23)15-25(35)10-12-30(13-11-25)24(34)21-18-8-4-5-9-20(18)28-29-21/h1-9,14,16,35H,10-13,15H2,(H,28,29). The molecule has 0 aliphatic carbocycles. The zero-order valence-corrected chi connectivity index (χ0v) is 18.8. The molecular formula is C25H23N7O3. The number of piperidine rings is 1. The van der Waals surface area contributed by atoms with Gasteiger partial charge in [-0.1, -0.05) is 36.4 Å². The van der Waals surface area contributed by atoms with E-state index in [1.54, 1.807) is 9.58 Å². The molecule has 1 amide bonds. The Bertz CT molecular complexity index is 1590. The number of amides is 1. The summed E-state index contributed by atoms with van der Waals surface area (Å²) < 4.78 is 3.05. The summed E-state index contributed by atoms with van der Waals surface area (Å²) in [6, 6.07) is 17.0. The van der Waals surface area contributed by atoms with E-state index in [1.807, 2.05) is 54.6 Å². The van der Waals surface area contributed by atoms with Crippen LogP contribution in [0.5, 0.6) is 0 Å². The van der Waals surface area contributed by atoms with Crippen molar-refractivity contribution in [3.05, 3.63) is 83.2 Å². The molecule has 1 fully saturated rings. The van der Waals surface area contributed by atoms with Gasteiger partial charge < -0.3 is 10.0 Å². The average molecular weight is 470 g/mol. The molecule has 2 aromatic carbocycles. The van der Waals surface area contributed by atoms with Gasteiger partial charge in [-0.05, 0) is 31.0 Å². The number of hydrogen-bond acceptors (Lipinski definition) is 6. The van der Waals surface area contributed by atoms with Crippen molar-refractivity contribution in [1.29, 1.82) is 0 Å². The predicted octanol–water partition coefficient (Wildman–Crippen LogP) is 2.13. The maximum atomic E-state index is 13.1. The number of benzene rings is 2. The van der Waals surface area contributed by atoms with Crippen molar-refractivity contribution in [2.45, 2.75) is 25.0 Å². The fourth-order valence-electron chi connectivity index (χ4n) is 4.70. The van der Waals surface area contributed by atoms with E-state index < -0.39 is 5.60 Å². The van der Waals surface area contributed by atoms with Crippen LogP contribution in [-0.2, 0) is 6.54 Å². The molecule has 0 radical (unpaired) electrons. The number of nitrogens with zero attached hydrogens (tertiary/aromatic N) is 6. The Kier molecular flexibility index (Phi) is 4.96. The molecule has 176 valence electrons. The van der Waals surface area contributed by atoms with E-state index in [1.165, 1.54) is 17.1 Å². The molecule has 0 saturated carbocycles. The maximum absolute atomic E-state index is 13.1. The van der Waals surface area contributed by atoms with Gasteiger partial charge in [-0.3, -0.25) is 19.3 Å². The molecule has 0 atom stereocenters. The quantitative estimate of drug-likeness (QED) is 0.416. The van der Waals surface area contributed by atoms with E-state index in [-0.39, 0.29) is 18.0 Å². The number of aromatic nitrogens is 6. The normalized spacial score (nSPS) is 15.6. The van der Waals surface area contributed by atoms with Gasteiger partial charge in [0.15, 0.2) is 11.3 Å². The van der Waals surface area contributed by atoms with Crippen molar-refractivity contribution in [2.75, 3.05) is 13.1 Å². The molecule has 1 aliphatic heterocycles. The van der Waals surface area contributed by atoms with Gasteiger partial charge in [0.25, 0.3) is 11.5 Å². The highest BCUT2D eigenvalue weighted by molar-refractivity contribution is 6.04. The first-order chi connectivity index (χ1) is 17.0. The van der Waals surface area contributed by atoms with Crippen molar-refractivity contribution in [3.8, 4) is 5.69 Å². The number of carbonyl (C=O) groups is 1. The van der Waals surface area contributed by atoms with Crippen LogP contribution in [0.25, 0.3) is 27.6 Å².